The van der Waals surface area contributed by atoms with Crippen molar-refractivity contribution in [3.8, 4) is 16.9 Å². The second-order valence-electron chi connectivity index (χ2n) is 4.60. The SMILES string of the molecule is CNCCCc1nn(C)cc1-c1cccc(OC)c1. The van der Waals surface area contributed by atoms with Crippen LogP contribution in [0.4, 0.5) is 0 Å². The van der Waals surface area contributed by atoms with Crippen LogP contribution in [0.1, 0.15) is 12.1 Å². The molecular weight excluding hydrogens is 238 g/mol. The number of aryl methyl sites for hydroxylation is 2. The summed E-state index contributed by atoms with van der Waals surface area (Å²) in [6, 6.07) is 8.12. The van der Waals surface area contributed by atoms with Crippen LogP contribution in [0.2, 0.25) is 0 Å². The van der Waals surface area contributed by atoms with E-state index in [4.69, 9.17) is 4.74 Å². The molecule has 2 rings (SSSR count). The summed E-state index contributed by atoms with van der Waals surface area (Å²) >= 11 is 0. The fourth-order valence-corrected chi connectivity index (χ4v) is 2.18. The van der Waals surface area contributed by atoms with Gasteiger partial charge in [-0.3, -0.25) is 4.68 Å². The van der Waals surface area contributed by atoms with Crippen molar-refractivity contribution in [2.45, 2.75) is 12.8 Å². The van der Waals surface area contributed by atoms with Crippen LogP contribution >= 0.6 is 0 Å². The average molecular weight is 259 g/mol. The van der Waals surface area contributed by atoms with Crippen molar-refractivity contribution >= 4 is 0 Å². The molecule has 4 heteroatoms. The maximum Gasteiger partial charge on any atom is 0.119 e. The molecule has 102 valence electrons. The molecule has 0 atom stereocenters. The van der Waals surface area contributed by atoms with Gasteiger partial charge in [-0.1, -0.05) is 12.1 Å². The van der Waals surface area contributed by atoms with E-state index in [0.717, 1.165) is 36.4 Å². The Hall–Kier alpha value is -1.81. The third-order valence-corrected chi connectivity index (χ3v) is 3.13. The number of nitrogens with zero attached hydrogens (tertiary/aromatic N) is 2. The van der Waals surface area contributed by atoms with Gasteiger partial charge in [0.1, 0.15) is 5.75 Å². The van der Waals surface area contributed by atoms with E-state index >= 15 is 0 Å². The van der Waals surface area contributed by atoms with Crippen molar-refractivity contribution in [2.24, 2.45) is 7.05 Å². The van der Waals surface area contributed by atoms with Crippen molar-refractivity contribution in [1.29, 1.82) is 0 Å². The molecule has 0 radical (unpaired) electrons. The summed E-state index contributed by atoms with van der Waals surface area (Å²) in [5.74, 6) is 0.877. The predicted molar refractivity (Wildman–Crippen MR) is 77.4 cm³/mol. The summed E-state index contributed by atoms with van der Waals surface area (Å²) in [6.07, 6.45) is 4.14. The van der Waals surface area contributed by atoms with Gasteiger partial charge < -0.3 is 10.1 Å². The molecule has 1 N–H and O–H groups in total. The Balaban J connectivity index is 2.27. The van der Waals surface area contributed by atoms with Crippen LogP contribution in [0.5, 0.6) is 5.75 Å². The highest BCUT2D eigenvalue weighted by atomic mass is 16.5. The second kappa shape index (κ2) is 6.38. The smallest absolute Gasteiger partial charge is 0.119 e. The first-order valence-electron chi connectivity index (χ1n) is 6.56. The molecule has 0 fully saturated rings. The standard InChI is InChI=1S/C15H21N3O/c1-16-9-5-8-15-14(11-18(2)17-15)12-6-4-7-13(10-12)19-3/h4,6-7,10-11,16H,5,8-9H2,1-3H3. The van der Waals surface area contributed by atoms with Crippen LogP contribution in [0.3, 0.4) is 0 Å². The quantitative estimate of drug-likeness (QED) is 0.809. The van der Waals surface area contributed by atoms with E-state index in [1.807, 2.05) is 30.9 Å². The Morgan fingerprint density at radius 2 is 2.21 bits per heavy atom. The molecule has 0 aliphatic rings. The lowest BCUT2D eigenvalue weighted by atomic mass is 10.0. The lowest BCUT2D eigenvalue weighted by Gasteiger charge is -2.05. The third-order valence-electron chi connectivity index (χ3n) is 3.13. The zero-order chi connectivity index (χ0) is 13.7. The van der Waals surface area contributed by atoms with E-state index in [1.165, 1.54) is 5.56 Å². The minimum atomic E-state index is 0.877. The number of hydrogen-bond donors (Lipinski definition) is 1. The van der Waals surface area contributed by atoms with Gasteiger partial charge in [0.25, 0.3) is 0 Å². The molecule has 0 bridgehead atoms. The lowest BCUT2D eigenvalue weighted by Crippen LogP contribution is -2.08. The molecule has 19 heavy (non-hydrogen) atoms. The van der Waals surface area contributed by atoms with Gasteiger partial charge in [0.15, 0.2) is 0 Å². The van der Waals surface area contributed by atoms with E-state index in [2.05, 4.69) is 28.7 Å². The van der Waals surface area contributed by atoms with Crippen molar-refractivity contribution in [3.05, 3.63) is 36.2 Å². The minimum Gasteiger partial charge on any atom is -0.497 e. The van der Waals surface area contributed by atoms with E-state index in [-0.39, 0.29) is 0 Å². The van der Waals surface area contributed by atoms with Crippen molar-refractivity contribution in [3.63, 3.8) is 0 Å². The highest BCUT2D eigenvalue weighted by Crippen LogP contribution is 2.26. The van der Waals surface area contributed by atoms with Crippen LogP contribution in [0.25, 0.3) is 11.1 Å². The normalized spacial score (nSPS) is 10.7. The number of aromatic nitrogens is 2. The maximum atomic E-state index is 5.28. The third kappa shape index (κ3) is 3.35. The number of ether oxygens (including phenoxy) is 1. The number of hydrogen-bond acceptors (Lipinski definition) is 3. The van der Waals surface area contributed by atoms with Crippen LogP contribution in [-0.2, 0) is 13.5 Å². The van der Waals surface area contributed by atoms with Gasteiger partial charge in [-0.05, 0) is 44.1 Å². The van der Waals surface area contributed by atoms with Crippen molar-refractivity contribution in [1.82, 2.24) is 15.1 Å². The predicted octanol–water partition coefficient (Wildman–Crippen LogP) is 2.25. The zero-order valence-corrected chi connectivity index (χ0v) is 11.8. The molecule has 0 spiro atoms. The van der Waals surface area contributed by atoms with Gasteiger partial charge in [0, 0.05) is 18.8 Å². The number of methoxy groups -OCH3 is 1. The first-order chi connectivity index (χ1) is 9.24. The summed E-state index contributed by atoms with van der Waals surface area (Å²) in [4.78, 5) is 0. The molecule has 0 aliphatic heterocycles. The molecule has 0 unspecified atom stereocenters. The average Bonchev–Trinajstić information content (AvgIpc) is 2.80. The number of rotatable bonds is 6. The van der Waals surface area contributed by atoms with Gasteiger partial charge in [-0.15, -0.1) is 0 Å². The maximum absolute atomic E-state index is 5.28. The van der Waals surface area contributed by atoms with Crippen molar-refractivity contribution in [2.75, 3.05) is 20.7 Å². The Morgan fingerprint density at radius 3 is 2.95 bits per heavy atom. The topological polar surface area (TPSA) is 39.1 Å². The minimum absolute atomic E-state index is 0.877. The van der Waals surface area contributed by atoms with Crippen LogP contribution < -0.4 is 10.1 Å². The van der Waals surface area contributed by atoms with E-state index < -0.39 is 0 Å². The molecule has 0 amide bonds. The molecule has 1 heterocycles. The largest absolute Gasteiger partial charge is 0.497 e. The monoisotopic (exact) mass is 259 g/mol. The molecule has 4 nitrogen and oxygen atoms in total. The molecule has 0 saturated carbocycles. The van der Waals surface area contributed by atoms with E-state index in [0.29, 0.717) is 0 Å². The molecule has 1 aromatic heterocycles. The Kier molecular flexibility index (Phi) is 4.58. The van der Waals surface area contributed by atoms with Crippen LogP contribution in [0.15, 0.2) is 30.5 Å². The van der Waals surface area contributed by atoms with Crippen molar-refractivity contribution < 1.29 is 4.74 Å². The first kappa shape index (κ1) is 13.6. The summed E-state index contributed by atoms with van der Waals surface area (Å²) in [5.41, 5.74) is 3.50. The van der Waals surface area contributed by atoms with Crippen LogP contribution in [0, 0.1) is 0 Å². The molecule has 1 aromatic carbocycles. The number of benzene rings is 1. The highest BCUT2D eigenvalue weighted by Gasteiger charge is 2.10. The first-order valence-corrected chi connectivity index (χ1v) is 6.56. The van der Waals surface area contributed by atoms with Crippen LogP contribution in [-0.4, -0.2) is 30.5 Å². The van der Waals surface area contributed by atoms with Gasteiger partial charge in [0.05, 0.1) is 12.8 Å². The molecule has 0 saturated heterocycles. The van der Waals surface area contributed by atoms with Gasteiger partial charge >= 0.3 is 0 Å². The highest BCUT2D eigenvalue weighted by molar-refractivity contribution is 5.66. The fraction of sp³-hybridized carbons (Fsp3) is 0.400. The second-order valence-corrected chi connectivity index (χ2v) is 4.60. The van der Waals surface area contributed by atoms with Gasteiger partial charge in [-0.2, -0.15) is 5.10 Å². The molecule has 0 aliphatic carbocycles. The number of nitrogens with one attached hydrogen (secondary N) is 1. The van der Waals surface area contributed by atoms with Gasteiger partial charge in [-0.25, -0.2) is 0 Å². The summed E-state index contributed by atoms with van der Waals surface area (Å²) < 4.78 is 7.16. The Bertz CT molecular complexity index is 534. The fourth-order valence-electron chi connectivity index (χ4n) is 2.18. The van der Waals surface area contributed by atoms with E-state index in [1.54, 1.807) is 7.11 Å². The molecular formula is C15H21N3O. The van der Waals surface area contributed by atoms with Gasteiger partial charge in [0.2, 0.25) is 0 Å². The Morgan fingerprint density at radius 1 is 1.37 bits per heavy atom. The molecule has 2 aromatic rings. The lowest BCUT2D eigenvalue weighted by molar-refractivity contribution is 0.415. The zero-order valence-electron chi connectivity index (χ0n) is 11.8. The Labute approximate surface area is 114 Å². The summed E-state index contributed by atoms with van der Waals surface area (Å²) in [6.45, 7) is 1.01. The summed E-state index contributed by atoms with van der Waals surface area (Å²) in [5, 5.41) is 7.73. The summed E-state index contributed by atoms with van der Waals surface area (Å²) in [7, 11) is 5.63. The van der Waals surface area contributed by atoms with E-state index in [9.17, 15) is 0 Å².